The molecule has 0 aromatic heterocycles. The molecule has 40 heavy (non-hydrogen) atoms. The van der Waals surface area contributed by atoms with Crippen molar-refractivity contribution in [3.63, 3.8) is 0 Å². The Bertz CT molecular complexity index is 982. The van der Waals surface area contributed by atoms with Gasteiger partial charge in [-0.1, -0.05) is 34.6 Å². The molecule has 3 unspecified atom stereocenters. The molecule has 0 bridgehead atoms. The summed E-state index contributed by atoms with van der Waals surface area (Å²) in [4.78, 5) is 40.9. The first-order valence-electron chi connectivity index (χ1n) is 14.2. The summed E-state index contributed by atoms with van der Waals surface area (Å²) < 4.78 is 0. The number of hydrogen-bond donors (Lipinski definition) is 2. The Hall–Kier alpha value is -2.05. The van der Waals surface area contributed by atoms with Crippen LogP contribution < -0.4 is 11.1 Å². The summed E-state index contributed by atoms with van der Waals surface area (Å²) in [6, 6.07) is 22.6. The fourth-order valence-corrected chi connectivity index (χ4v) is 4.86. The first-order chi connectivity index (χ1) is 18.5. The van der Waals surface area contributed by atoms with Crippen LogP contribution in [-0.4, -0.2) is 35.2 Å². The van der Waals surface area contributed by atoms with Crippen molar-refractivity contribution < 1.29 is 47.1 Å². The zero-order valence-corrected chi connectivity index (χ0v) is 27.8. The van der Waals surface area contributed by atoms with E-state index in [0.717, 1.165) is 24.8 Å². The van der Waals surface area contributed by atoms with Crippen LogP contribution in [0.3, 0.4) is 0 Å². The third kappa shape index (κ3) is 13.5. The van der Waals surface area contributed by atoms with Crippen molar-refractivity contribution in [1.29, 1.82) is 0 Å². The number of nitrogens with zero attached hydrogens (tertiary/aromatic N) is 1. The number of carbonyl (C=O) groups is 3. The van der Waals surface area contributed by atoms with Gasteiger partial charge in [0.2, 0.25) is 17.7 Å². The second kappa shape index (κ2) is 18.4. The molecule has 0 saturated carbocycles. The van der Waals surface area contributed by atoms with E-state index in [4.69, 9.17) is 5.73 Å². The van der Waals surface area contributed by atoms with Crippen LogP contribution in [0.1, 0.15) is 78.7 Å². The third-order valence-corrected chi connectivity index (χ3v) is 6.97. The molecule has 1 saturated heterocycles. The molecule has 2 aromatic carbocycles. The average molecular weight is 623 g/mol. The zero-order chi connectivity index (χ0) is 28.8. The van der Waals surface area contributed by atoms with Gasteiger partial charge in [0, 0.05) is 57.6 Å². The number of benzene rings is 2. The standard InChI is InChI=1S/C27H42N3O3.C6H5.Y/c1-19(2)17-22(21(24(28)31)14-15-27(3,4)5)25(32)29-23-13-9-10-16-30(26(23)33)18-20-11-7-6-8-12-20;1-2-4-6-5-3-1;/h6-7,11-12,19,21-23H,9-10,13-18H2,1-5H3,(H2,28,31)(H,29,32);1-5H;/q2*-1;. The number of rotatable bonds is 10. The van der Waals surface area contributed by atoms with Gasteiger partial charge in [0.15, 0.2) is 0 Å². The van der Waals surface area contributed by atoms with Gasteiger partial charge >= 0.3 is 0 Å². The van der Waals surface area contributed by atoms with Crippen LogP contribution >= 0.6 is 0 Å². The molecule has 2 aromatic rings. The Labute approximate surface area is 267 Å². The number of carbonyl (C=O) groups excluding carboxylic acids is 3. The van der Waals surface area contributed by atoms with Crippen molar-refractivity contribution in [2.24, 2.45) is 28.9 Å². The van der Waals surface area contributed by atoms with Gasteiger partial charge in [-0.25, -0.2) is 0 Å². The van der Waals surface area contributed by atoms with E-state index in [0.29, 0.717) is 32.4 Å². The average Bonchev–Trinajstić information content (AvgIpc) is 3.05. The number of hydrogen-bond acceptors (Lipinski definition) is 3. The molecule has 1 fully saturated rings. The normalized spacial score (nSPS) is 17.0. The van der Waals surface area contributed by atoms with Gasteiger partial charge in [-0.15, -0.1) is 5.56 Å². The topological polar surface area (TPSA) is 92.5 Å². The Kier molecular flexibility index (Phi) is 16.6. The van der Waals surface area contributed by atoms with Crippen LogP contribution in [-0.2, 0) is 53.6 Å². The summed E-state index contributed by atoms with van der Waals surface area (Å²) in [5.41, 5.74) is 6.84. The first kappa shape index (κ1) is 36.0. The minimum absolute atomic E-state index is 0. The molecule has 6 nitrogen and oxygen atoms in total. The van der Waals surface area contributed by atoms with Gasteiger partial charge < -0.3 is 16.0 Å². The fraction of sp³-hybridized carbons (Fsp3) is 0.545. The van der Waals surface area contributed by atoms with Crippen molar-refractivity contribution >= 4 is 17.7 Å². The van der Waals surface area contributed by atoms with Crippen LogP contribution in [0.25, 0.3) is 0 Å². The molecule has 3 atom stereocenters. The van der Waals surface area contributed by atoms with E-state index in [1.165, 1.54) is 0 Å². The molecule has 0 aliphatic carbocycles. The second-order valence-corrected chi connectivity index (χ2v) is 12.2. The van der Waals surface area contributed by atoms with Crippen LogP contribution in [0.15, 0.2) is 54.6 Å². The van der Waals surface area contributed by atoms with Gasteiger partial charge in [-0.3, -0.25) is 14.4 Å². The molecular weight excluding hydrogens is 575 g/mol. The summed E-state index contributed by atoms with van der Waals surface area (Å²) in [6.07, 6.45) is 4.31. The van der Waals surface area contributed by atoms with E-state index in [-0.39, 0.29) is 55.9 Å². The molecule has 0 spiro atoms. The van der Waals surface area contributed by atoms with E-state index >= 15 is 0 Å². The van der Waals surface area contributed by atoms with Crippen molar-refractivity contribution in [2.45, 2.75) is 85.7 Å². The Morgan fingerprint density at radius 1 is 1.05 bits per heavy atom. The zero-order valence-electron chi connectivity index (χ0n) is 25.0. The van der Waals surface area contributed by atoms with Gasteiger partial charge in [0.05, 0.1) is 0 Å². The number of amides is 3. The monoisotopic (exact) mass is 622 g/mol. The summed E-state index contributed by atoms with van der Waals surface area (Å²) in [5.74, 6) is -1.56. The predicted octanol–water partition coefficient (Wildman–Crippen LogP) is 5.56. The Morgan fingerprint density at radius 2 is 1.73 bits per heavy atom. The summed E-state index contributed by atoms with van der Waals surface area (Å²) in [7, 11) is 0. The van der Waals surface area contributed by atoms with Crippen molar-refractivity contribution in [1.82, 2.24) is 10.2 Å². The van der Waals surface area contributed by atoms with Gasteiger partial charge in [0.1, 0.15) is 6.04 Å². The number of likely N-dealkylation sites (tertiary alicyclic amines) is 1. The molecule has 1 radical (unpaired) electrons. The van der Waals surface area contributed by atoms with Gasteiger partial charge in [0.25, 0.3) is 0 Å². The first-order valence-corrected chi connectivity index (χ1v) is 14.2. The van der Waals surface area contributed by atoms with Gasteiger partial charge in [-0.05, 0) is 49.9 Å². The maximum atomic E-state index is 13.4. The molecule has 3 amide bonds. The largest absolute Gasteiger partial charge is 0.369 e. The summed E-state index contributed by atoms with van der Waals surface area (Å²) in [6.45, 7) is 11.6. The SMILES string of the molecule is CC(C)CC(C(=O)NC1CCCCN(Cc2c[c-]ccc2)C1=O)C(CCC(C)(C)C)C(N)=O.[Y].[c-]1ccccc1. The molecular formula is C33H47N3O3Y-2. The quantitative estimate of drug-likeness (QED) is 0.340. The van der Waals surface area contributed by atoms with Gasteiger partial charge in [-0.2, -0.15) is 66.7 Å². The van der Waals surface area contributed by atoms with Crippen LogP contribution in [0.4, 0.5) is 0 Å². The smallest absolute Gasteiger partial charge is 0.244 e. The Balaban J connectivity index is 0.00000101. The fourth-order valence-electron chi connectivity index (χ4n) is 4.86. The number of nitrogens with two attached hydrogens (primary N) is 1. The van der Waals surface area contributed by atoms with Crippen molar-refractivity contribution in [2.75, 3.05) is 6.54 Å². The minimum Gasteiger partial charge on any atom is -0.369 e. The van der Waals surface area contributed by atoms with Crippen molar-refractivity contribution in [3.8, 4) is 0 Å². The van der Waals surface area contributed by atoms with E-state index < -0.39 is 23.8 Å². The molecule has 217 valence electrons. The molecule has 3 N–H and O–H groups in total. The van der Waals surface area contributed by atoms with Crippen LogP contribution in [0.2, 0.25) is 0 Å². The predicted molar refractivity (Wildman–Crippen MR) is 156 cm³/mol. The van der Waals surface area contributed by atoms with Crippen LogP contribution in [0, 0.1) is 35.3 Å². The van der Waals surface area contributed by atoms with E-state index in [1.54, 1.807) is 0 Å². The molecule has 7 heteroatoms. The Morgan fingerprint density at radius 3 is 2.23 bits per heavy atom. The maximum Gasteiger partial charge on any atom is 0.244 e. The summed E-state index contributed by atoms with van der Waals surface area (Å²) in [5, 5.41) is 3.02. The maximum absolute atomic E-state index is 13.4. The van der Waals surface area contributed by atoms with Crippen molar-refractivity contribution in [3.05, 3.63) is 72.3 Å². The van der Waals surface area contributed by atoms with E-state index in [1.807, 2.05) is 73.3 Å². The van der Waals surface area contributed by atoms with E-state index in [2.05, 4.69) is 38.2 Å². The minimum atomic E-state index is -0.571. The van der Waals surface area contributed by atoms with E-state index in [9.17, 15) is 14.4 Å². The molecule has 3 rings (SSSR count). The molecule has 1 aliphatic rings. The third-order valence-electron chi connectivity index (χ3n) is 6.97. The molecule has 1 aliphatic heterocycles. The summed E-state index contributed by atoms with van der Waals surface area (Å²) >= 11 is 0. The number of nitrogens with one attached hydrogen (secondary N) is 1. The molecule has 1 heterocycles. The number of primary amides is 1. The second-order valence-electron chi connectivity index (χ2n) is 12.2. The van der Waals surface area contributed by atoms with Crippen LogP contribution in [0.5, 0.6) is 0 Å².